The summed E-state index contributed by atoms with van der Waals surface area (Å²) in [6.45, 7) is 4.59. The summed E-state index contributed by atoms with van der Waals surface area (Å²) >= 11 is 0. The molecule has 0 aliphatic heterocycles. The molecule has 2 aromatic rings. The lowest BCUT2D eigenvalue weighted by atomic mass is 9.78. The zero-order valence-electron chi connectivity index (χ0n) is 17.1. The average molecular weight is 395 g/mol. The minimum atomic E-state index is -0.514. The van der Waals surface area contributed by atoms with Gasteiger partial charge in [-0.2, -0.15) is 0 Å². The number of ether oxygens (including phenoxy) is 2. The van der Waals surface area contributed by atoms with Gasteiger partial charge in [-0.05, 0) is 48.1 Å². The number of hydrogen-bond acceptors (Lipinski definition) is 4. The van der Waals surface area contributed by atoms with Gasteiger partial charge in [0, 0.05) is 6.04 Å². The predicted octanol–water partition coefficient (Wildman–Crippen LogP) is 4.36. The Kier molecular flexibility index (Phi) is 7.28. The largest absolute Gasteiger partial charge is 0.489 e. The zero-order chi connectivity index (χ0) is 20.6. The van der Waals surface area contributed by atoms with Crippen LogP contribution in [-0.4, -0.2) is 24.5 Å². The summed E-state index contributed by atoms with van der Waals surface area (Å²) in [5, 5.41) is 3.01. The molecule has 3 atom stereocenters. The highest BCUT2D eigenvalue weighted by Gasteiger charge is 2.28. The minimum absolute atomic E-state index is 0.158. The standard InChI is InChI=1S/C24H29NO4/c1-17-7-6-10-22(18(17)2)25-23(26)16-29-24(27)20-11-13-21(14-12-20)28-15-19-8-4-3-5-9-19/h3-5,8-9,11-14,17-18,22H,6-7,10,15-16H2,1-2H3,(H,25,26)/t17-,18-,22+/m1/s1. The number of nitrogens with one attached hydrogen (secondary N) is 1. The minimum Gasteiger partial charge on any atom is -0.489 e. The van der Waals surface area contributed by atoms with Crippen molar-refractivity contribution < 1.29 is 19.1 Å². The fourth-order valence-electron chi connectivity index (χ4n) is 3.68. The SMILES string of the molecule is C[C@@H]1[C@H](C)CCC[C@@H]1NC(=O)COC(=O)c1ccc(OCc2ccccc2)cc1. The molecule has 0 bridgehead atoms. The molecular formula is C24H29NO4. The van der Waals surface area contributed by atoms with Gasteiger partial charge in [0.25, 0.3) is 5.91 Å². The van der Waals surface area contributed by atoms with Gasteiger partial charge < -0.3 is 14.8 Å². The number of carbonyl (C=O) groups excluding carboxylic acids is 2. The highest BCUT2D eigenvalue weighted by molar-refractivity contribution is 5.91. The summed E-state index contributed by atoms with van der Waals surface area (Å²) in [5.41, 5.74) is 1.47. The number of carbonyl (C=O) groups is 2. The Morgan fingerprint density at radius 3 is 2.45 bits per heavy atom. The smallest absolute Gasteiger partial charge is 0.338 e. The van der Waals surface area contributed by atoms with Gasteiger partial charge in [0.15, 0.2) is 6.61 Å². The maximum atomic E-state index is 12.2. The first-order valence-electron chi connectivity index (χ1n) is 10.3. The second-order valence-corrected chi connectivity index (χ2v) is 7.82. The molecule has 154 valence electrons. The first-order chi connectivity index (χ1) is 14.0. The molecule has 0 aromatic heterocycles. The van der Waals surface area contributed by atoms with Crippen LogP contribution in [0.1, 0.15) is 49.0 Å². The molecule has 2 aromatic carbocycles. The third-order valence-electron chi connectivity index (χ3n) is 5.73. The number of esters is 1. The molecule has 0 saturated heterocycles. The van der Waals surface area contributed by atoms with Gasteiger partial charge >= 0.3 is 5.97 Å². The lowest BCUT2D eigenvalue weighted by molar-refractivity contribution is -0.125. The van der Waals surface area contributed by atoms with Crippen molar-refractivity contribution in [2.24, 2.45) is 11.8 Å². The molecule has 29 heavy (non-hydrogen) atoms. The van der Waals surface area contributed by atoms with Crippen molar-refractivity contribution >= 4 is 11.9 Å². The van der Waals surface area contributed by atoms with E-state index in [1.54, 1.807) is 24.3 Å². The number of hydrogen-bond donors (Lipinski definition) is 1. The molecule has 1 amide bonds. The highest BCUT2D eigenvalue weighted by atomic mass is 16.5. The second-order valence-electron chi connectivity index (χ2n) is 7.82. The highest BCUT2D eigenvalue weighted by Crippen LogP contribution is 2.29. The van der Waals surface area contributed by atoms with Crippen LogP contribution in [0.2, 0.25) is 0 Å². The van der Waals surface area contributed by atoms with Gasteiger partial charge in [-0.15, -0.1) is 0 Å². The van der Waals surface area contributed by atoms with Crippen LogP contribution in [0.25, 0.3) is 0 Å². The van der Waals surface area contributed by atoms with Crippen molar-refractivity contribution in [3.63, 3.8) is 0 Å². The topological polar surface area (TPSA) is 64.6 Å². The van der Waals surface area contributed by atoms with Gasteiger partial charge in [0.2, 0.25) is 0 Å². The van der Waals surface area contributed by atoms with E-state index < -0.39 is 5.97 Å². The monoisotopic (exact) mass is 395 g/mol. The van der Waals surface area contributed by atoms with Gasteiger partial charge in [-0.3, -0.25) is 4.79 Å². The Morgan fingerprint density at radius 1 is 1.00 bits per heavy atom. The molecule has 1 aliphatic carbocycles. The first-order valence-corrected chi connectivity index (χ1v) is 10.3. The fourth-order valence-corrected chi connectivity index (χ4v) is 3.68. The van der Waals surface area contributed by atoms with Crippen LogP contribution in [0.5, 0.6) is 5.75 Å². The van der Waals surface area contributed by atoms with Crippen LogP contribution in [0, 0.1) is 11.8 Å². The van der Waals surface area contributed by atoms with E-state index in [1.807, 2.05) is 30.3 Å². The molecule has 1 N–H and O–H groups in total. The summed E-state index contributed by atoms with van der Waals surface area (Å²) < 4.78 is 10.9. The Hall–Kier alpha value is -2.82. The summed E-state index contributed by atoms with van der Waals surface area (Å²) in [7, 11) is 0. The van der Waals surface area contributed by atoms with E-state index in [1.165, 1.54) is 6.42 Å². The summed E-state index contributed by atoms with van der Waals surface area (Å²) in [4.78, 5) is 24.4. The molecule has 0 spiro atoms. The van der Waals surface area contributed by atoms with Crippen molar-refractivity contribution in [2.75, 3.05) is 6.61 Å². The molecule has 0 unspecified atom stereocenters. The number of benzene rings is 2. The molecule has 3 rings (SSSR count). The maximum Gasteiger partial charge on any atom is 0.338 e. The summed E-state index contributed by atoms with van der Waals surface area (Å²) in [6, 6.07) is 16.8. The molecule has 1 saturated carbocycles. The van der Waals surface area contributed by atoms with Crippen molar-refractivity contribution in [3.05, 3.63) is 65.7 Å². The summed E-state index contributed by atoms with van der Waals surface area (Å²) in [6.07, 6.45) is 3.30. The van der Waals surface area contributed by atoms with Crippen LogP contribution in [-0.2, 0) is 16.1 Å². The lowest BCUT2D eigenvalue weighted by Gasteiger charge is -2.34. The van der Waals surface area contributed by atoms with Crippen LogP contribution >= 0.6 is 0 Å². The predicted molar refractivity (Wildman–Crippen MR) is 112 cm³/mol. The molecular weight excluding hydrogens is 366 g/mol. The van der Waals surface area contributed by atoms with Crippen molar-refractivity contribution in [1.82, 2.24) is 5.32 Å². The normalized spacial score (nSPS) is 21.2. The fraction of sp³-hybridized carbons (Fsp3) is 0.417. The zero-order valence-corrected chi connectivity index (χ0v) is 17.1. The van der Waals surface area contributed by atoms with E-state index in [0.29, 0.717) is 29.8 Å². The Morgan fingerprint density at radius 2 is 1.72 bits per heavy atom. The second kappa shape index (κ2) is 10.1. The average Bonchev–Trinajstić information content (AvgIpc) is 2.75. The van der Waals surface area contributed by atoms with Crippen molar-refractivity contribution in [1.29, 1.82) is 0 Å². The number of rotatable bonds is 7. The van der Waals surface area contributed by atoms with Crippen LogP contribution in [0.15, 0.2) is 54.6 Å². The van der Waals surface area contributed by atoms with E-state index in [-0.39, 0.29) is 18.6 Å². The third-order valence-corrected chi connectivity index (χ3v) is 5.73. The van der Waals surface area contributed by atoms with Crippen LogP contribution in [0.3, 0.4) is 0 Å². The van der Waals surface area contributed by atoms with Gasteiger partial charge in [-0.1, -0.05) is 57.0 Å². The van der Waals surface area contributed by atoms with Crippen LogP contribution in [0.4, 0.5) is 0 Å². The number of amides is 1. The van der Waals surface area contributed by atoms with E-state index >= 15 is 0 Å². The van der Waals surface area contributed by atoms with Crippen molar-refractivity contribution in [2.45, 2.75) is 45.8 Å². The lowest BCUT2D eigenvalue weighted by Crippen LogP contribution is -2.45. The van der Waals surface area contributed by atoms with Gasteiger partial charge in [0.1, 0.15) is 12.4 Å². The first kappa shape index (κ1) is 20.9. The molecule has 5 heteroatoms. The quantitative estimate of drug-likeness (QED) is 0.708. The Bertz CT molecular complexity index is 803. The van der Waals surface area contributed by atoms with E-state index in [0.717, 1.165) is 18.4 Å². The molecule has 0 heterocycles. The molecule has 1 aliphatic rings. The maximum absolute atomic E-state index is 12.2. The molecule has 5 nitrogen and oxygen atoms in total. The van der Waals surface area contributed by atoms with E-state index in [2.05, 4.69) is 19.2 Å². The van der Waals surface area contributed by atoms with Gasteiger partial charge in [0.05, 0.1) is 5.56 Å². The van der Waals surface area contributed by atoms with Gasteiger partial charge in [-0.25, -0.2) is 4.79 Å². The molecule has 0 radical (unpaired) electrons. The Labute approximate surface area is 172 Å². The third kappa shape index (κ3) is 6.08. The summed E-state index contributed by atoms with van der Waals surface area (Å²) in [5.74, 6) is 0.946. The van der Waals surface area contributed by atoms with E-state index in [4.69, 9.17) is 9.47 Å². The molecule has 1 fully saturated rings. The van der Waals surface area contributed by atoms with Crippen LogP contribution < -0.4 is 10.1 Å². The Balaban J connectivity index is 1.43. The van der Waals surface area contributed by atoms with Crippen molar-refractivity contribution in [3.8, 4) is 5.75 Å². The van der Waals surface area contributed by atoms with E-state index in [9.17, 15) is 9.59 Å².